The van der Waals surface area contributed by atoms with Crippen molar-refractivity contribution in [2.24, 2.45) is 0 Å². The summed E-state index contributed by atoms with van der Waals surface area (Å²) in [6.07, 6.45) is 3.68. The van der Waals surface area contributed by atoms with E-state index in [1.54, 1.807) is 6.07 Å². The Labute approximate surface area is 80.2 Å². The van der Waals surface area contributed by atoms with E-state index in [0.29, 0.717) is 0 Å². The maximum atomic E-state index is 12.6. The molecule has 1 rings (SSSR count). The summed E-state index contributed by atoms with van der Waals surface area (Å²) in [5.74, 6) is -0.204. The van der Waals surface area contributed by atoms with Crippen LogP contribution in [0.1, 0.15) is 12.0 Å². The summed E-state index contributed by atoms with van der Waals surface area (Å²) < 4.78 is 13.5. The van der Waals surface area contributed by atoms with E-state index in [1.165, 1.54) is 12.1 Å². The SMILES string of the molecule is C=CCCc1ccc(F)cc1Br. The zero-order valence-corrected chi connectivity index (χ0v) is 8.27. The lowest BCUT2D eigenvalue weighted by molar-refractivity contribution is 0.626. The molecule has 0 saturated carbocycles. The Balaban J connectivity index is 2.78. The smallest absolute Gasteiger partial charge is 0.124 e. The van der Waals surface area contributed by atoms with E-state index >= 15 is 0 Å². The molecule has 1 aromatic rings. The molecule has 0 spiro atoms. The molecule has 0 radical (unpaired) electrons. The van der Waals surface area contributed by atoms with E-state index in [1.807, 2.05) is 6.08 Å². The van der Waals surface area contributed by atoms with Crippen molar-refractivity contribution in [3.8, 4) is 0 Å². The molecule has 0 nitrogen and oxygen atoms in total. The first-order valence-corrected chi connectivity index (χ1v) is 4.58. The van der Waals surface area contributed by atoms with Crippen LogP contribution in [0.4, 0.5) is 4.39 Å². The largest absolute Gasteiger partial charge is 0.207 e. The van der Waals surface area contributed by atoms with E-state index in [-0.39, 0.29) is 5.82 Å². The van der Waals surface area contributed by atoms with E-state index in [0.717, 1.165) is 22.9 Å². The second-order valence-electron chi connectivity index (χ2n) is 2.56. The van der Waals surface area contributed by atoms with Gasteiger partial charge in [0.15, 0.2) is 0 Å². The number of allylic oxidation sites excluding steroid dienone is 1. The van der Waals surface area contributed by atoms with Gasteiger partial charge in [-0.1, -0.05) is 28.1 Å². The predicted molar refractivity (Wildman–Crippen MR) is 52.6 cm³/mol. The molecular formula is C10H10BrF. The summed E-state index contributed by atoms with van der Waals surface area (Å²) in [7, 11) is 0. The molecule has 0 fully saturated rings. The molecule has 1 aromatic carbocycles. The molecule has 0 bridgehead atoms. The highest BCUT2D eigenvalue weighted by Crippen LogP contribution is 2.19. The van der Waals surface area contributed by atoms with Crippen molar-refractivity contribution in [3.05, 3.63) is 46.7 Å². The lowest BCUT2D eigenvalue weighted by atomic mass is 10.1. The zero-order valence-electron chi connectivity index (χ0n) is 6.69. The topological polar surface area (TPSA) is 0 Å². The minimum Gasteiger partial charge on any atom is -0.207 e. The molecule has 64 valence electrons. The van der Waals surface area contributed by atoms with E-state index in [9.17, 15) is 4.39 Å². The van der Waals surface area contributed by atoms with Crippen molar-refractivity contribution >= 4 is 15.9 Å². The number of rotatable bonds is 3. The van der Waals surface area contributed by atoms with Gasteiger partial charge >= 0.3 is 0 Å². The van der Waals surface area contributed by atoms with Gasteiger partial charge in [-0.05, 0) is 30.5 Å². The van der Waals surface area contributed by atoms with E-state index in [4.69, 9.17) is 0 Å². The first kappa shape index (κ1) is 9.46. The fraction of sp³-hybridized carbons (Fsp3) is 0.200. The van der Waals surface area contributed by atoms with Gasteiger partial charge < -0.3 is 0 Å². The van der Waals surface area contributed by atoms with Crippen LogP contribution in [-0.4, -0.2) is 0 Å². The van der Waals surface area contributed by atoms with E-state index < -0.39 is 0 Å². The van der Waals surface area contributed by atoms with Crippen LogP contribution in [0.15, 0.2) is 35.3 Å². The lowest BCUT2D eigenvalue weighted by Gasteiger charge is -2.01. The first-order valence-electron chi connectivity index (χ1n) is 3.79. The number of halogens is 2. The third-order valence-electron chi connectivity index (χ3n) is 1.63. The molecule has 0 aliphatic carbocycles. The van der Waals surface area contributed by atoms with Crippen molar-refractivity contribution < 1.29 is 4.39 Å². The fourth-order valence-corrected chi connectivity index (χ4v) is 1.53. The third kappa shape index (κ3) is 2.45. The molecule has 0 aromatic heterocycles. The minimum absolute atomic E-state index is 0.204. The molecule has 0 amide bonds. The summed E-state index contributed by atoms with van der Waals surface area (Å²) in [6.45, 7) is 3.63. The Morgan fingerprint density at radius 1 is 1.50 bits per heavy atom. The molecule has 0 heterocycles. The van der Waals surface area contributed by atoms with Gasteiger partial charge in [0.25, 0.3) is 0 Å². The van der Waals surface area contributed by atoms with Gasteiger partial charge in [-0.2, -0.15) is 0 Å². The van der Waals surface area contributed by atoms with Crippen molar-refractivity contribution in [1.82, 2.24) is 0 Å². The average Bonchev–Trinajstić information content (AvgIpc) is 2.03. The second-order valence-corrected chi connectivity index (χ2v) is 3.42. The Hall–Kier alpha value is -0.630. The van der Waals surface area contributed by atoms with Crippen LogP contribution in [0.5, 0.6) is 0 Å². The van der Waals surface area contributed by atoms with Crippen LogP contribution in [-0.2, 0) is 6.42 Å². The molecular weight excluding hydrogens is 219 g/mol. The number of hydrogen-bond donors (Lipinski definition) is 0. The summed E-state index contributed by atoms with van der Waals surface area (Å²) >= 11 is 3.30. The molecule has 0 N–H and O–H groups in total. The van der Waals surface area contributed by atoms with Gasteiger partial charge in [0.2, 0.25) is 0 Å². The fourth-order valence-electron chi connectivity index (χ4n) is 0.982. The predicted octanol–water partition coefficient (Wildman–Crippen LogP) is 3.71. The Morgan fingerprint density at radius 2 is 2.25 bits per heavy atom. The summed E-state index contributed by atoms with van der Waals surface area (Å²) in [4.78, 5) is 0. The van der Waals surface area contributed by atoms with Gasteiger partial charge in [0, 0.05) is 4.47 Å². The van der Waals surface area contributed by atoms with Gasteiger partial charge in [0.05, 0.1) is 0 Å². The van der Waals surface area contributed by atoms with Crippen molar-refractivity contribution in [2.45, 2.75) is 12.8 Å². The Kier molecular flexibility index (Phi) is 3.48. The van der Waals surface area contributed by atoms with Gasteiger partial charge in [-0.25, -0.2) is 4.39 Å². The first-order chi connectivity index (χ1) is 5.74. The highest BCUT2D eigenvalue weighted by Gasteiger charge is 1.99. The van der Waals surface area contributed by atoms with Crippen LogP contribution in [0.3, 0.4) is 0 Å². The molecule has 0 aliphatic heterocycles. The van der Waals surface area contributed by atoms with Crippen LogP contribution in [0, 0.1) is 5.82 Å². The van der Waals surface area contributed by atoms with Gasteiger partial charge in [-0.15, -0.1) is 6.58 Å². The van der Waals surface area contributed by atoms with Gasteiger partial charge in [0.1, 0.15) is 5.82 Å². The molecule has 2 heteroatoms. The quantitative estimate of drug-likeness (QED) is 0.693. The Morgan fingerprint density at radius 3 is 2.83 bits per heavy atom. The van der Waals surface area contributed by atoms with Gasteiger partial charge in [-0.3, -0.25) is 0 Å². The van der Waals surface area contributed by atoms with Crippen molar-refractivity contribution in [2.75, 3.05) is 0 Å². The van der Waals surface area contributed by atoms with E-state index in [2.05, 4.69) is 22.5 Å². The maximum absolute atomic E-state index is 12.6. The zero-order chi connectivity index (χ0) is 8.97. The molecule has 0 aliphatic rings. The molecule has 0 unspecified atom stereocenters. The maximum Gasteiger partial charge on any atom is 0.124 e. The van der Waals surface area contributed by atoms with Crippen molar-refractivity contribution in [3.63, 3.8) is 0 Å². The van der Waals surface area contributed by atoms with Crippen LogP contribution < -0.4 is 0 Å². The third-order valence-corrected chi connectivity index (χ3v) is 2.37. The Bertz CT molecular complexity index is 281. The monoisotopic (exact) mass is 228 g/mol. The molecule has 0 atom stereocenters. The minimum atomic E-state index is -0.204. The molecule has 12 heavy (non-hydrogen) atoms. The van der Waals surface area contributed by atoms with Crippen molar-refractivity contribution in [1.29, 1.82) is 0 Å². The average molecular weight is 229 g/mol. The number of hydrogen-bond acceptors (Lipinski definition) is 0. The highest BCUT2D eigenvalue weighted by molar-refractivity contribution is 9.10. The summed E-state index contributed by atoms with van der Waals surface area (Å²) in [5.41, 5.74) is 1.12. The normalized spacial score (nSPS) is 9.83. The number of benzene rings is 1. The standard InChI is InChI=1S/C10H10BrF/c1-2-3-4-8-5-6-9(12)7-10(8)11/h2,5-7H,1,3-4H2. The summed E-state index contributed by atoms with van der Waals surface area (Å²) in [6, 6.07) is 4.75. The van der Waals surface area contributed by atoms with Crippen LogP contribution in [0.25, 0.3) is 0 Å². The lowest BCUT2D eigenvalue weighted by Crippen LogP contribution is -1.86. The summed E-state index contributed by atoms with van der Waals surface area (Å²) in [5, 5.41) is 0. The highest BCUT2D eigenvalue weighted by atomic mass is 79.9. The molecule has 0 saturated heterocycles. The van der Waals surface area contributed by atoms with Crippen LogP contribution >= 0.6 is 15.9 Å². The number of aryl methyl sites for hydroxylation is 1. The second kappa shape index (κ2) is 4.41. The van der Waals surface area contributed by atoms with Crippen LogP contribution in [0.2, 0.25) is 0 Å².